The second kappa shape index (κ2) is 9.37. The number of nitrogens with one attached hydrogen (secondary N) is 1. The van der Waals surface area contributed by atoms with E-state index in [1.54, 1.807) is 0 Å². The van der Waals surface area contributed by atoms with Gasteiger partial charge in [0.2, 0.25) is 0 Å². The van der Waals surface area contributed by atoms with Crippen molar-refractivity contribution in [3.8, 4) is 5.75 Å². The monoisotopic (exact) mass is 279 g/mol. The molecule has 0 fully saturated rings. The van der Waals surface area contributed by atoms with Crippen molar-refractivity contribution in [2.75, 3.05) is 32.2 Å². The van der Waals surface area contributed by atoms with Gasteiger partial charge in [-0.15, -0.1) is 0 Å². The zero-order valence-corrected chi connectivity index (χ0v) is 12.6. The van der Waals surface area contributed by atoms with Gasteiger partial charge in [-0.3, -0.25) is 4.79 Å². The smallest absolute Gasteiger partial charge is 0.160 e. The van der Waals surface area contributed by atoms with Gasteiger partial charge in [-0.05, 0) is 25.0 Å². The second-order valence-corrected chi connectivity index (χ2v) is 5.01. The number of carbonyl (C=O) groups excluding carboxylic acids is 1. The van der Waals surface area contributed by atoms with Gasteiger partial charge in [0.1, 0.15) is 12.4 Å². The summed E-state index contributed by atoms with van der Waals surface area (Å²) in [6.07, 6.45) is 1.82. The van der Waals surface area contributed by atoms with Crippen LogP contribution in [0.5, 0.6) is 5.75 Å². The molecule has 0 saturated heterocycles. The Morgan fingerprint density at radius 3 is 2.70 bits per heavy atom. The average Bonchev–Trinajstić information content (AvgIpc) is 2.46. The molecule has 20 heavy (non-hydrogen) atoms. The third-order valence-corrected chi connectivity index (χ3v) is 2.96. The normalized spacial score (nSPS) is 10.6. The van der Waals surface area contributed by atoms with Crippen molar-refractivity contribution in [2.24, 2.45) is 5.92 Å². The van der Waals surface area contributed by atoms with E-state index in [2.05, 4.69) is 5.32 Å². The number of rotatable bonds is 10. The fourth-order valence-corrected chi connectivity index (χ4v) is 1.58. The summed E-state index contributed by atoms with van der Waals surface area (Å²) in [7, 11) is 1.88. The molecule has 1 rings (SSSR count). The Morgan fingerprint density at radius 2 is 2.00 bits per heavy atom. The second-order valence-electron chi connectivity index (χ2n) is 5.01. The van der Waals surface area contributed by atoms with Gasteiger partial charge in [0.05, 0.1) is 6.61 Å². The van der Waals surface area contributed by atoms with Gasteiger partial charge in [-0.25, -0.2) is 0 Å². The summed E-state index contributed by atoms with van der Waals surface area (Å²) < 4.78 is 11.0. The number of unbranched alkanes of at least 4 members (excludes halogenated alkanes) is 1. The third-order valence-electron chi connectivity index (χ3n) is 2.96. The lowest BCUT2D eigenvalue weighted by molar-refractivity contribution is -0.126. The predicted octanol–water partition coefficient (Wildman–Crippen LogP) is 3.13. The lowest BCUT2D eigenvalue weighted by Gasteiger charge is -2.08. The van der Waals surface area contributed by atoms with E-state index in [1.165, 1.54) is 0 Å². The van der Waals surface area contributed by atoms with Crippen molar-refractivity contribution in [3.05, 3.63) is 24.3 Å². The van der Waals surface area contributed by atoms with Crippen molar-refractivity contribution >= 4 is 11.5 Å². The fourth-order valence-electron chi connectivity index (χ4n) is 1.58. The molecular formula is C16H25NO3. The molecule has 0 aliphatic heterocycles. The summed E-state index contributed by atoms with van der Waals surface area (Å²) in [6.45, 7) is 5.27. The lowest BCUT2D eigenvalue weighted by atomic mass is 10.1. The summed E-state index contributed by atoms with van der Waals surface area (Å²) in [6, 6.07) is 7.87. The Morgan fingerprint density at radius 1 is 1.25 bits per heavy atom. The van der Waals surface area contributed by atoms with Crippen molar-refractivity contribution in [1.82, 2.24) is 0 Å². The molecule has 4 heteroatoms. The number of hydrogen-bond donors (Lipinski definition) is 1. The minimum absolute atomic E-state index is 0.0535. The van der Waals surface area contributed by atoms with E-state index in [4.69, 9.17) is 9.47 Å². The van der Waals surface area contributed by atoms with Gasteiger partial charge in [-0.1, -0.05) is 19.9 Å². The molecule has 112 valence electrons. The Hall–Kier alpha value is -1.55. The summed E-state index contributed by atoms with van der Waals surface area (Å²) in [5.41, 5.74) is 1.04. The molecule has 0 aromatic heterocycles. The molecular weight excluding hydrogens is 254 g/mol. The van der Waals surface area contributed by atoms with E-state index in [0.29, 0.717) is 13.2 Å². The molecule has 0 saturated carbocycles. The highest BCUT2D eigenvalue weighted by Gasteiger charge is 2.06. The quantitative estimate of drug-likeness (QED) is 0.668. The van der Waals surface area contributed by atoms with Gasteiger partial charge < -0.3 is 14.8 Å². The van der Waals surface area contributed by atoms with Crippen LogP contribution in [0.15, 0.2) is 24.3 Å². The highest BCUT2D eigenvalue weighted by molar-refractivity contribution is 5.81. The molecule has 1 aromatic carbocycles. The first-order chi connectivity index (χ1) is 9.63. The molecule has 1 N–H and O–H groups in total. The Kier molecular flexibility index (Phi) is 7.73. The third kappa shape index (κ3) is 6.57. The average molecular weight is 279 g/mol. The molecule has 0 unspecified atom stereocenters. The van der Waals surface area contributed by atoms with Crippen LogP contribution in [0.3, 0.4) is 0 Å². The van der Waals surface area contributed by atoms with E-state index in [-0.39, 0.29) is 18.3 Å². The van der Waals surface area contributed by atoms with Crippen LogP contribution in [0.1, 0.15) is 26.7 Å². The van der Waals surface area contributed by atoms with Gasteiger partial charge >= 0.3 is 0 Å². The van der Waals surface area contributed by atoms with E-state index in [1.807, 2.05) is 45.2 Å². The molecule has 0 bridgehead atoms. The van der Waals surface area contributed by atoms with Gasteiger partial charge in [0.25, 0.3) is 0 Å². The van der Waals surface area contributed by atoms with Crippen LogP contribution in [0.2, 0.25) is 0 Å². The highest BCUT2D eigenvalue weighted by atomic mass is 16.5. The van der Waals surface area contributed by atoms with Crippen LogP contribution in [0.4, 0.5) is 5.69 Å². The summed E-state index contributed by atoms with van der Waals surface area (Å²) in [5, 5.41) is 3.07. The van der Waals surface area contributed by atoms with E-state index >= 15 is 0 Å². The van der Waals surface area contributed by atoms with Crippen LogP contribution in [0.25, 0.3) is 0 Å². The van der Waals surface area contributed by atoms with Gasteiger partial charge in [0.15, 0.2) is 5.78 Å². The Labute approximate surface area is 121 Å². The lowest BCUT2D eigenvalue weighted by Crippen LogP contribution is -2.15. The molecule has 0 atom stereocenters. The SMILES string of the molecule is CNc1cccc(OCCCCOCC(=O)C(C)C)c1. The number of hydrogen-bond acceptors (Lipinski definition) is 4. The number of anilines is 1. The maximum absolute atomic E-state index is 11.3. The number of ketones is 1. The minimum Gasteiger partial charge on any atom is -0.494 e. The summed E-state index contributed by atoms with van der Waals surface area (Å²) in [5.74, 6) is 1.08. The first kappa shape index (κ1) is 16.5. The first-order valence-corrected chi connectivity index (χ1v) is 7.14. The first-order valence-electron chi connectivity index (χ1n) is 7.14. The fraction of sp³-hybridized carbons (Fsp3) is 0.562. The van der Waals surface area contributed by atoms with E-state index < -0.39 is 0 Å². The number of ether oxygens (including phenoxy) is 2. The molecule has 0 heterocycles. The molecule has 4 nitrogen and oxygen atoms in total. The van der Waals surface area contributed by atoms with Gasteiger partial charge in [0, 0.05) is 31.3 Å². The standard InChI is InChI=1S/C16H25NO3/c1-13(2)16(18)12-19-9-4-5-10-20-15-8-6-7-14(11-15)17-3/h6-8,11,13,17H,4-5,9-10,12H2,1-3H3. The van der Waals surface area contributed by atoms with Crippen LogP contribution >= 0.6 is 0 Å². The highest BCUT2D eigenvalue weighted by Crippen LogP contribution is 2.16. The molecule has 0 aliphatic carbocycles. The van der Waals surface area contributed by atoms with E-state index in [0.717, 1.165) is 24.3 Å². The van der Waals surface area contributed by atoms with Crippen molar-refractivity contribution in [3.63, 3.8) is 0 Å². The molecule has 0 amide bonds. The van der Waals surface area contributed by atoms with Gasteiger partial charge in [-0.2, -0.15) is 0 Å². The zero-order chi connectivity index (χ0) is 14.8. The Bertz CT molecular complexity index is 404. The number of Topliss-reactive ketones (excluding diaryl/α,β-unsaturated/α-hetero) is 1. The number of benzene rings is 1. The Balaban J connectivity index is 2.06. The van der Waals surface area contributed by atoms with Crippen molar-refractivity contribution in [1.29, 1.82) is 0 Å². The van der Waals surface area contributed by atoms with Crippen LogP contribution in [-0.2, 0) is 9.53 Å². The predicted molar refractivity (Wildman–Crippen MR) is 81.4 cm³/mol. The minimum atomic E-state index is 0.0535. The molecule has 0 aliphatic rings. The summed E-state index contributed by atoms with van der Waals surface area (Å²) in [4.78, 5) is 11.3. The molecule has 1 aromatic rings. The maximum Gasteiger partial charge on any atom is 0.160 e. The summed E-state index contributed by atoms with van der Waals surface area (Å²) >= 11 is 0. The van der Waals surface area contributed by atoms with Crippen LogP contribution in [0, 0.1) is 5.92 Å². The molecule has 0 spiro atoms. The molecule has 0 radical (unpaired) electrons. The van der Waals surface area contributed by atoms with Crippen LogP contribution < -0.4 is 10.1 Å². The van der Waals surface area contributed by atoms with Crippen LogP contribution in [-0.4, -0.2) is 32.7 Å². The zero-order valence-electron chi connectivity index (χ0n) is 12.6. The topological polar surface area (TPSA) is 47.6 Å². The van der Waals surface area contributed by atoms with Crippen molar-refractivity contribution in [2.45, 2.75) is 26.7 Å². The largest absolute Gasteiger partial charge is 0.494 e. The maximum atomic E-state index is 11.3. The number of carbonyl (C=O) groups is 1. The van der Waals surface area contributed by atoms with Crippen molar-refractivity contribution < 1.29 is 14.3 Å². The van der Waals surface area contributed by atoms with E-state index in [9.17, 15) is 4.79 Å².